The second kappa shape index (κ2) is 10.8. The van der Waals surface area contributed by atoms with Crippen LogP contribution in [0.25, 0.3) is 0 Å². The molecule has 1 aliphatic rings. The van der Waals surface area contributed by atoms with Crippen LogP contribution in [0.2, 0.25) is 0 Å². The summed E-state index contributed by atoms with van der Waals surface area (Å²) >= 11 is 0. The van der Waals surface area contributed by atoms with Crippen molar-refractivity contribution in [2.24, 2.45) is 0 Å². The second-order valence-corrected chi connectivity index (χ2v) is 7.18. The minimum Gasteiger partial charge on any atom is -0.469 e. The highest BCUT2D eigenvalue weighted by Crippen LogP contribution is 2.20. The van der Waals surface area contributed by atoms with E-state index in [1.165, 1.54) is 39.2 Å². The Morgan fingerprint density at radius 3 is 2.48 bits per heavy atom. The summed E-state index contributed by atoms with van der Waals surface area (Å²) in [6, 6.07) is -0.169. The summed E-state index contributed by atoms with van der Waals surface area (Å²) in [5, 5.41) is 2.96. The fraction of sp³-hybridized carbons (Fsp3) is 0.700. The fourth-order valence-electron chi connectivity index (χ4n) is 3.38. The van der Waals surface area contributed by atoms with Gasteiger partial charge in [-0.1, -0.05) is 19.3 Å². The predicted molar refractivity (Wildman–Crippen MR) is 104 cm³/mol. The summed E-state index contributed by atoms with van der Waals surface area (Å²) in [6.07, 6.45) is 9.09. The van der Waals surface area contributed by atoms with E-state index in [-0.39, 0.29) is 24.3 Å². The molecule has 1 aromatic rings. The van der Waals surface area contributed by atoms with E-state index >= 15 is 0 Å². The van der Waals surface area contributed by atoms with E-state index in [2.05, 4.69) is 19.9 Å². The first-order valence-corrected chi connectivity index (χ1v) is 9.96. The molecule has 1 aromatic heterocycles. The molecular weight excluding hydrogens is 344 g/mol. The van der Waals surface area contributed by atoms with Crippen molar-refractivity contribution in [3.8, 4) is 0 Å². The lowest BCUT2D eigenvalue weighted by molar-refractivity contribution is -0.140. The molecule has 1 saturated heterocycles. The number of anilines is 1. The fourth-order valence-corrected chi connectivity index (χ4v) is 3.38. The van der Waals surface area contributed by atoms with Gasteiger partial charge >= 0.3 is 5.97 Å². The van der Waals surface area contributed by atoms with Crippen molar-refractivity contribution in [1.82, 2.24) is 15.3 Å². The van der Waals surface area contributed by atoms with Gasteiger partial charge in [0.2, 0.25) is 11.9 Å². The summed E-state index contributed by atoms with van der Waals surface area (Å²) in [4.78, 5) is 34.7. The monoisotopic (exact) mass is 376 g/mol. The van der Waals surface area contributed by atoms with Crippen molar-refractivity contribution in [1.29, 1.82) is 0 Å². The van der Waals surface area contributed by atoms with Gasteiger partial charge in [-0.3, -0.25) is 9.59 Å². The number of aromatic nitrogens is 2. The average molecular weight is 377 g/mol. The molecule has 0 spiro atoms. The van der Waals surface area contributed by atoms with Crippen molar-refractivity contribution in [3.05, 3.63) is 17.5 Å². The topological polar surface area (TPSA) is 84.4 Å². The Balaban J connectivity index is 1.91. The molecule has 0 unspecified atom stereocenters. The molecule has 1 aliphatic heterocycles. The van der Waals surface area contributed by atoms with Crippen molar-refractivity contribution >= 4 is 17.8 Å². The third-order valence-electron chi connectivity index (χ3n) is 5.00. The van der Waals surface area contributed by atoms with Gasteiger partial charge in [-0.2, -0.15) is 0 Å². The van der Waals surface area contributed by atoms with Crippen LogP contribution in [0.4, 0.5) is 5.95 Å². The molecule has 27 heavy (non-hydrogen) atoms. The maximum absolute atomic E-state index is 12.1. The Labute approximate surface area is 161 Å². The first-order chi connectivity index (χ1) is 13.0. The van der Waals surface area contributed by atoms with Crippen LogP contribution in [-0.4, -0.2) is 42.0 Å². The Morgan fingerprint density at radius 1 is 1.19 bits per heavy atom. The van der Waals surface area contributed by atoms with Crippen LogP contribution in [0.15, 0.2) is 6.20 Å². The van der Waals surface area contributed by atoms with Gasteiger partial charge in [-0.25, -0.2) is 9.97 Å². The van der Waals surface area contributed by atoms with Crippen LogP contribution >= 0.6 is 0 Å². The number of carbonyl (C=O) groups is 2. The third-order valence-corrected chi connectivity index (χ3v) is 5.00. The van der Waals surface area contributed by atoms with Gasteiger partial charge in [0.25, 0.3) is 0 Å². The Bertz CT molecular complexity index is 628. The van der Waals surface area contributed by atoms with Crippen LogP contribution in [0.5, 0.6) is 0 Å². The zero-order valence-corrected chi connectivity index (χ0v) is 16.8. The van der Waals surface area contributed by atoms with Crippen molar-refractivity contribution in [3.63, 3.8) is 0 Å². The van der Waals surface area contributed by atoms with Gasteiger partial charge in [0.1, 0.15) is 0 Å². The first-order valence-electron chi connectivity index (χ1n) is 9.96. The van der Waals surface area contributed by atoms with Crippen LogP contribution in [0.1, 0.15) is 75.6 Å². The van der Waals surface area contributed by atoms with E-state index in [0.29, 0.717) is 12.8 Å². The number of ether oxygens (including phenoxy) is 1. The second-order valence-electron chi connectivity index (χ2n) is 7.18. The van der Waals surface area contributed by atoms with E-state index in [0.717, 1.165) is 30.3 Å². The molecule has 0 radical (unpaired) electrons. The molecule has 0 bridgehead atoms. The van der Waals surface area contributed by atoms with E-state index < -0.39 is 0 Å². The lowest BCUT2D eigenvalue weighted by atomic mass is 10.1. The number of hydrogen-bond donors (Lipinski definition) is 1. The summed E-state index contributed by atoms with van der Waals surface area (Å²) in [5.74, 6) is 0.410. The van der Waals surface area contributed by atoms with E-state index in [1.807, 2.05) is 20.0 Å². The molecular formula is C20H32N4O3. The summed E-state index contributed by atoms with van der Waals surface area (Å²) in [6.45, 7) is 5.90. The molecule has 7 nitrogen and oxygen atoms in total. The summed E-state index contributed by atoms with van der Waals surface area (Å²) in [7, 11) is 1.35. The number of hydrogen-bond acceptors (Lipinski definition) is 6. The molecule has 1 N–H and O–H groups in total. The molecule has 2 heterocycles. The molecule has 7 heteroatoms. The molecule has 2 rings (SSSR count). The first kappa shape index (κ1) is 21.1. The Morgan fingerprint density at radius 2 is 1.85 bits per heavy atom. The SMILES string of the molecule is COC(=O)CCCC(=O)N[C@@H](C)c1cnc(N2CCCCCCC2)nc1C. The van der Waals surface area contributed by atoms with E-state index in [1.54, 1.807) is 0 Å². The molecule has 0 saturated carbocycles. The lowest BCUT2D eigenvalue weighted by Crippen LogP contribution is -2.30. The molecule has 1 amide bonds. The smallest absolute Gasteiger partial charge is 0.305 e. The minimum absolute atomic E-state index is 0.0846. The van der Waals surface area contributed by atoms with Crippen molar-refractivity contribution < 1.29 is 14.3 Å². The van der Waals surface area contributed by atoms with Gasteiger partial charge in [0.05, 0.1) is 13.2 Å². The maximum Gasteiger partial charge on any atom is 0.305 e. The maximum atomic E-state index is 12.1. The number of carbonyl (C=O) groups excluding carboxylic acids is 2. The summed E-state index contributed by atoms with van der Waals surface area (Å²) in [5.41, 5.74) is 1.82. The highest BCUT2D eigenvalue weighted by atomic mass is 16.5. The standard InChI is InChI=1S/C20H32N4O3/c1-15(22-18(25)10-9-11-19(26)27-3)17-14-21-20(23-16(17)2)24-12-7-5-4-6-8-13-24/h14-15H,4-13H2,1-3H3,(H,22,25)/t15-/m0/s1. The normalized spacial score (nSPS) is 16.2. The van der Waals surface area contributed by atoms with Crippen LogP contribution in [-0.2, 0) is 14.3 Å². The Hall–Kier alpha value is -2.18. The van der Waals surface area contributed by atoms with Gasteiger partial charge in [-0.05, 0) is 33.1 Å². The van der Waals surface area contributed by atoms with Gasteiger partial charge in [0, 0.05) is 43.4 Å². The van der Waals surface area contributed by atoms with Gasteiger partial charge in [0.15, 0.2) is 0 Å². The quantitative estimate of drug-likeness (QED) is 0.736. The zero-order valence-electron chi connectivity index (χ0n) is 16.8. The predicted octanol–water partition coefficient (Wildman–Crippen LogP) is 3.08. The zero-order chi connectivity index (χ0) is 19.6. The number of rotatable bonds is 7. The minimum atomic E-state index is -0.292. The molecule has 0 aliphatic carbocycles. The number of nitrogens with one attached hydrogen (secondary N) is 1. The largest absolute Gasteiger partial charge is 0.469 e. The third kappa shape index (κ3) is 6.81. The number of aryl methyl sites for hydroxylation is 1. The lowest BCUT2D eigenvalue weighted by Gasteiger charge is -2.25. The summed E-state index contributed by atoms with van der Waals surface area (Å²) < 4.78 is 4.58. The van der Waals surface area contributed by atoms with Crippen LogP contribution < -0.4 is 10.2 Å². The Kier molecular flexibility index (Phi) is 8.48. The van der Waals surface area contributed by atoms with Crippen LogP contribution in [0, 0.1) is 6.92 Å². The van der Waals surface area contributed by atoms with E-state index in [9.17, 15) is 9.59 Å². The van der Waals surface area contributed by atoms with Crippen LogP contribution in [0.3, 0.4) is 0 Å². The number of nitrogens with zero attached hydrogens (tertiary/aromatic N) is 3. The highest BCUT2D eigenvalue weighted by Gasteiger charge is 2.17. The van der Waals surface area contributed by atoms with E-state index in [4.69, 9.17) is 4.98 Å². The van der Waals surface area contributed by atoms with Crippen molar-refractivity contribution in [2.45, 2.75) is 71.3 Å². The molecule has 1 atom stereocenters. The highest BCUT2D eigenvalue weighted by molar-refractivity contribution is 5.77. The number of methoxy groups -OCH3 is 1. The van der Waals surface area contributed by atoms with Crippen molar-refractivity contribution in [2.75, 3.05) is 25.1 Å². The molecule has 1 fully saturated rings. The number of esters is 1. The van der Waals surface area contributed by atoms with Gasteiger partial charge < -0.3 is 15.0 Å². The molecule has 0 aromatic carbocycles. The molecule has 150 valence electrons. The number of amides is 1. The van der Waals surface area contributed by atoms with Gasteiger partial charge in [-0.15, -0.1) is 0 Å². The average Bonchev–Trinajstić information content (AvgIpc) is 2.61.